The minimum atomic E-state index is -0.223. The molecule has 1 aliphatic heterocycles. The molecule has 0 radical (unpaired) electrons. The van der Waals surface area contributed by atoms with Crippen LogP contribution in [0.15, 0.2) is 36.7 Å². The Morgan fingerprint density at radius 1 is 1.08 bits per heavy atom. The summed E-state index contributed by atoms with van der Waals surface area (Å²) in [5, 5.41) is 17.7. The van der Waals surface area contributed by atoms with Crippen LogP contribution in [0.2, 0.25) is 0 Å². The number of aromatic nitrogens is 4. The number of amides is 1. The Morgan fingerprint density at radius 2 is 1.81 bits per heavy atom. The summed E-state index contributed by atoms with van der Waals surface area (Å²) in [6.45, 7) is 9.68. The van der Waals surface area contributed by atoms with Crippen molar-refractivity contribution < 1.29 is 9.53 Å². The highest BCUT2D eigenvalue weighted by atomic mass is 16.5. The second kappa shape index (κ2) is 9.46. The van der Waals surface area contributed by atoms with Gasteiger partial charge in [-0.3, -0.25) is 14.2 Å². The molecule has 0 bridgehead atoms. The number of ether oxygens (including phenoxy) is 1. The summed E-state index contributed by atoms with van der Waals surface area (Å²) in [5.74, 6) is 1.37. The zero-order chi connectivity index (χ0) is 25.6. The first-order chi connectivity index (χ1) is 17.3. The Hall–Kier alpha value is -3.59. The lowest BCUT2D eigenvalue weighted by Crippen LogP contribution is -2.53. The van der Waals surface area contributed by atoms with E-state index in [9.17, 15) is 4.79 Å². The predicted octanol–water partition coefficient (Wildman–Crippen LogP) is 3.79. The molecule has 3 heterocycles. The molecule has 1 aliphatic rings. The highest BCUT2D eigenvalue weighted by Crippen LogP contribution is 2.35. The molecular formula is C27H35N7O2. The van der Waals surface area contributed by atoms with Crippen molar-refractivity contribution in [3.8, 4) is 5.75 Å². The summed E-state index contributed by atoms with van der Waals surface area (Å²) in [5.41, 5.74) is 3.77. The van der Waals surface area contributed by atoms with Gasteiger partial charge in [0.05, 0.1) is 23.9 Å². The number of methoxy groups -OCH3 is 1. The van der Waals surface area contributed by atoms with E-state index >= 15 is 0 Å². The molecule has 9 nitrogen and oxygen atoms in total. The van der Waals surface area contributed by atoms with Gasteiger partial charge in [-0.1, -0.05) is 20.8 Å². The van der Waals surface area contributed by atoms with E-state index in [1.807, 2.05) is 44.7 Å². The fourth-order valence-electron chi connectivity index (χ4n) is 5.69. The summed E-state index contributed by atoms with van der Waals surface area (Å²) < 4.78 is 9.07. The van der Waals surface area contributed by atoms with E-state index in [0.29, 0.717) is 40.4 Å². The lowest BCUT2D eigenvalue weighted by Gasteiger charge is -2.43. The molecule has 2 aromatic heterocycles. The Kier molecular flexibility index (Phi) is 6.34. The van der Waals surface area contributed by atoms with Crippen LogP contribution in [0.5, 0.6) is 5.75 Å². The van der Waals surface area contributed by atoms with Gasteiger partial charge in [-0.25, -0.2) is 0 Å². The number of hydrogen-bond acceptors (Lipinski definition) is 6. The number of nitrogens with one attached hydrogen (secondary N) is 2. The fraction of sp³-hybridized carbons (Fsp3) is 0.444. The monoisotopic (exact) mass is 489 g/mol. The number of aryl methyl sites for hydroxylation is 2. The van der Waals surface area contributed by atoms with E-state index in [4.69, 9.17) is 4.74 Å². The molecule has 0 aliphatic carbocycles. The molecule has 1 saturated heterocycles. The van der Waals surface area contributed by atoms with Crippen LogP contribution in [0.1, 0.15) is 31.1 Å². The Balaban J connectivity index is 1.47. The number of rotatable bonds is 6. The van der Waals surface area contributed by atoms with E-state index in [0.717, 1.165) is 41.6 Å². The zero-order valence-electron chi connectivity index (χ0n) is 21.9. The first-order valence-corrected chi connectivity index (χ1v) is 12.6. The topological polar surface area (TPSA) is 89.2 Å². The summed E-state index contributed by atoms with van der Waals surface area (Å²) in [4.78, 5) is 15.9. The second-order valence-electron chi connectivity index (χ2n) is 10.0. The highest BCUT2D eigenvalue weighted by molar-refractivity contribution is 6.14. The van der Waals surface area contributed by atoms with Gasteiger partial charge in [0.1, 0.15) is 11.3 Å². The smallest absolute Gasteiger partial charge is 0.258 e. The molecule has 2 atom stereocenters. The molecule has 0 spiro atoms. The third kappa shape index (κ3) is 4.28. The molecule has 0 saturated carbocycles. The van der Waals surface area contributed by atoms with E-state index < -0.39 is 0 Å². The number of carbonyl (C=O) groups is 1. The molecule has 1 amide bonds. The normalized spacial score (nSPS) is 20.3. The van der Waals surface area contributed by atoms with Gasteiger partial charge in [-0.05, 0) is 36.6 Å². The number of piperidine rings is 1. The average molecular weight is 490 g/mol. The van der Waals surface area contributed by atoms with Crippen molar-refractivity contribution in [2.24, 2.45) is 25.9 Å². The number of benzene rings is 2. The van der Waals surface area contributed by atoms with Crippen LogP contribution < -0.4 is 20.3 Å². The molecule has 1 fully saturated rings. The van der Waals surface area contributed by atoms with Crippen LogP contribution in [0.25, 0.3) is 21.8 Å². The Bertz CT molecular complexity index is 1410. The van der Waals surface area contributed by atoms with Gasteiger partial charge in [0.15, 0.2) is 0 Å². The molecule has 4 aromatic rings. The first-order valence-electron chi connectivity index (χ1n) is 12.6. The van der Waals surface area contributed by atoms with E-state index in [1.165, 1.54) is 0 Å². The maximum Gasteiger partial charge on any atom is 0.258 e. The largest absolute Gasteiger partial charge is 0.494 e. The van der Waals surface area contributed by atoms with Crippen LogP contribution in [0, 0.1) is 11.8 Å². The van der Waals surface area contributed by atoms with E-state index in [2.05, 4.69) is 52.6 Å². The second-order valence-corrected chi connectivity index (χ2v) is 10.0. The molecule has 2 aromatic carbocycles. The molecule has 2 N–H and O–H groups in total. The van der Waals surface area contributed by atoms with Crippen molar-refractivity contribution in [1.29, 1.82) is 0 Å². The molecule has 190 valence electrons. The van der Waals surface area contributed by atoms with Gasteiger partial charge in [-0.2, -0.15) is 10.2 Å². The maximum absolute atomic E-state index is 13.5. The minimum absolute atomic E-state index is 0.223. The van der Waals surface area contributed by atoms with Crippen molar-refractivity contribution >= 4 is 39.1 Å². The van der Waals surface area contributed by atoms with Crippen molar-refractivity contribution in [3.63, 3.8) is 0 Å². The zero-order valence-corrected chi connectivity index (χ0v) is 21.9. The summed E-state index contributed by atoms with van der Waals surface area (Å²) >= 11 is 0. The maximum atomic E-state index is 13.5. The van der Waals surface area contributed by atoms with Gasteiger partial charge in [0, 0.05) is 68.1 Å². The van der Waals surface area contributed by atoms with Gasteiger partial charge in [0.2, 0.25) is 0 Å². The highest BCUT2D eigenvalue weighted by Gasteiger charge is 2.32. The van der Waals surface area contributed by atoms with Gasteiger partial charge in [-0.15, -0.1) is 0 Å². The molecule has 9 heteroatoms. The molecule has 5 rings (SSSR count). The summed E-state index contributed by atoms with van der Waals surface area (Å²) in [7, 11) is 5.36. The lowest BCUT2D eigenvalue weighted by atomic mass is 9.85. The lowest BCUT2D eigenvalue weighted by molar-refractivity contribution is 0.102. The van der Waals surface area contributed by atoms with Crippen LogP contribution in [0.3, 0.4) is 0 Å². The van der Waals surface area contributed by atoms with Crippen molar-refractivity contribution in [1.82, 2.24) is 24.9 Å². The van der Waals surface area contributed by atoms with Gasteiger partial charge >= 0.3 is 0 Å². The number of fused-ring (bicyclic) bond motifs is 2. The van der Waals surface area contributed by atoms with Gasteiger partial charge < -0.3 is 20.3 Å². The van der Waals surface area contributed by atoms with Crippen LogP contribution in [-0.4, -0.2) is 58.3 Å². The summed E-state index contributed by atoms with van der Waals surface area (Å²) in [6, 6.07) is 8.19. The molecule has 36 heavy (non-hydrogen) atoms. The van der Waals surface area contributed by atoms with Crippen molar-refractivity contribution in [3.05, 3.63) is 42.2 Å². The SMILES string of the molecule is CCNC1C(C)CN(c2ccc(C(=O)Nc3cc4cn(C)nc4cc3OC)c3nn(C)cc23)CC1C. The third-order valence-corrected chi connectivity index (χ3v) is 7.22. The van der Waals surface area contributed by atoms with Crippen LogP contribution in [-0.2, 0) is 14.1 Å². The Labute approximate surface area is 211 Å². The van der Waals surface area contributed by atoms with E-state index in [-0.39, 0.29) is 5.91 Å². The molecule has 2 unspecified atom stereocenters. The van der Waals surface area contributed by atoms with Crippen LogP contribution in [0.4, 0.5) is 11.4 Å². The van der Waals surface area contributed by atoms with Crippen LogP contribution >= 0.6 is 0 Å². The van der Waals surface area contributed by atoms with Crippen molar-refractivity contribution in [2.45, 2.75) is 26.8 Å². The number of carbonyl (C=O) groups excluding carboxylic acids is 1. The third-order valence-electron chi connectivity index (χ3n) is 7.22. The standard InChI is InChI=1S/C27H35N7O2/c1-7-28-25-16(2)12-34(13-17(25)3)23-9-8-19(26-20(23)15-33(5)31-26)27(35)29-22-10-18-14-32(4)30-21(18)11-24(22)36-6/h8-11,14-17,25,28H,7,12-13H2,1-6H3,(H,29,35). The number of anilines is 2. The van der Waals surface area contributed by atoms with Crippen molar-refractivity contribution in [2.75, 3.05) is 37.0 Å². The predicted molar refractivity (Wildman–Crippen MR) is 144 cm³/mol. The average Bonchev–Trinajstić information content (AvgIpc) is 3.40. The van der Waals surface area contributed by atoms with Gasteiger partial charge in [0.25, 0.3) is 5.91 Å². The first kappa shape index (κ1) is 24.1. The fourth-order valence-corrected chi connectivity index (χ4v) is 5.69. The Morgan fingerprint density at radius 3 is 2.50 bits per heavy atom. The summed E-state index contributed by atoms with van der Waals surface area (Å²) in [6.07, 6.45) is 3.92. The quantitative estimate of drug-likeness (QED) is 0.428. The molecular weight excluding hydrogens is 454 g/mol. The number of hydrogen-bond donors (Lipinski definition) is 2. The van der Waals surface area contributed by atoms with E-state index in [1.54, 1.807) is 16.5 Å². The number of nitrogens with zero attached hydrogens (tertiary/aromatic N) is 5. The minimum Gasteiger partial charge on any atom is -0.494 e.